The highest BCUT2D eigenvalue weighted by atomic mass is 15.2. The molecule has 92 valence electrons. The van der Waals surface area contributed by atoms with Crippen molar-refractivity contribution < 1.29 is 0 Å². The maximum absolute atomic E-state index is 4.61. The van der Waals surface area contributed by atoms with Crippen LogP contribution in [-0.4, -0.2) is 9.78 Å². The minimum atomic E-state index is 0.285. The van der Waals surface area contributed by atoms with Crippen LogP contribution in [-0.2, 0) is 12.5 Å². The second kappa shape index (κ2) is 6.07. The van der Waals surface area contributed by atoms with Crippen LogP contribution in [0.5, 0.6) is 0 Å². The smallest absolute Gasteiger partial charge is 0.0683 e. The van der Waals surface area contributed by atoms with Gasteiger partial charge in [0.05, 0.1) is 5.69 Å². The summed E-state index contributed by atoms with van der Waals surface area (Å²) >= 11 is 0. The summed E-state index contributed by atoms with van der Waals surface area (Å²) in [6, 6.07) is 2.19. The Morgan fingerprint density at radius 3 is 2.12 bits per heavy atom. The van der Waals surface area contributed by atoms with E-state index in [1.165, 1.54) is 44.2 Å². The van der Waals surface area contributed by atoms with Gasteiger partial charge in [0.25, 0.3) is 0 Å². The first-order valence-corrected chi connectivity index (χ1v) is 6.62. The number of aryl methyl sites for hydroxylation is 1. The van der Waals surface area contributed by atoms with E-state index in [2.05, 4.69) is 38.1 Å². The Morgan fingerprint density at radius 2 is 1.75 bits per heavy atom. The lowest BCUT2D eigenvalue weighted by Crippen LogP contribution is -2.23. The molecule has 0 saturated carbocycles. The summed E-state index contributed by atoms with van der Waals surface area (Å²) in [7, 11) is 2.00. The molecule has 0 aliphatic carbocycles. The summed E-state index contributed by atoms with van der Waals surface area (Å²) in [4.78, 5) is 0. The highest BCUT2D eigenvalue weighted by molar-refractivity contribution is 5.13. The SMILES string of the molecule is CCCCC(C)(CCCC)c1ccn(C)n1. The summed E-state index contributed by atoms with van der Waals surface area (Å²) in [6.45, 7) is 6.90. The number of nitrogens with zero attached hydrogens (tertiary/aromatic N) is 2. The average molecular weight is 222 g/mol. The van der Waals surface area contributed by atoms with Crippen molar-refractivity contribution in [1.82, 2.24) is 9.78 Å². The second-order valence-corrected chi connectivity index (χ2v) is 5.14. The van der Waals surface area contributed by atoms with Gasteiger partial charge >= 0.3 is 0 Å². The van der Waals surface area contributed by atoms with Crippen molar-refractivity contribution >= 4 is 0 Å². The first kappa shape index (κ1) is 13.3. The van der Waals surface area contributed by atoms with Crippen molar-refractivity contribution in [2.45, 2.75) is 64.7 Å². The van der Waals surface area contributed by atoms with Gasteiger partial charge in [-0.2, -0.15) is 5.10 Å². The van der Waals surface area contributed by atoms with Crippen LogP contribution >= 0.6 is 0 Å². The van der Waals surface area contributed by atoms with Gasteiger partial charge in [-0.25, -0.2) is 0 Å². The first-order chi connectivity index (χ1) is 7.62. The van der Waals surface area contributed by atoms with E-state index in [1.54, 1.807) is 0 Å². The van der Waals surface area contributed by atoms with Crippen molar-refractivity contribution in [3.8, 4) is 0 Å². The van der Waals surface area contributed by atoms with Crippen molar-refractivity contribution in [2.24, 2.45) is 7.05 Å². The minimum absolute atomic E-state index is 0.285. The van der Waals surface area contributed by atoms with Crippen molar-refractivity contribution in [3.63, 3.8) is 0 Å². The number of unbranched alkanes of at least 4 members (excludes halogenated alkanes) is 2. The number of aromatic nitrogens is 2. The molecule has 0 aromatic carbocycles. The van der Waals surface area contributed by atoms with E-state index >= 15 is 0 Å². The van der Waals surface area contributed by atoms with Gasteiger partial charge in [0.2, 0.25) is 0 Å². The molecule has 0 aliphatic rings. The molecule has 0 saturated heterocycles. The number of hydrogen-bond acceptors (Lipinski definition) is 1. The summed E-state index contributed by atoms with van der Waals surface area (Å²) in [5.41, 5.74) is 1.56. The third-order valence-electron chi connectivity index (χ3n) is 3.50. The van der Waals surface area contributed by atoms with Gasteiger partial charge < -0.3 is 0 Å². The van der Waals surface area contributed by atoms with Gasteiger partial charge in [0.15, 0.2) is 0 Å². The van der Waals surface area contributed by atoms with E-state index < -0.39 is 0 Å². The molecule has 1 rings (SSSR count). The van der Waals surface area contributed by atoms with Gasteiger partial charge in [-0.15, -0.1) is 0 Å². The Bertz CT molecular complexity index is 293. The minimum Gasteiger partial charge on any atom is -0.276 e. The fraction of sp³-hybridized carbons (Fsp3) is 0.786. The fourth-order valence-corrected chi connectivity index (χ4v) is 2.25. The van der Waals surface area contributed by atoms with E-state index in [9.17, 15) is 0 Å². The maximum atomic E-state index is 4.61. The van der Waals surface area contributed by atoms with E-state index in [0.29, 0.717) is 0 Å². The van der Waals surface area contributed by atoms with Crippen LogP contribution in [0.4, 0.5) is 0 Å². The third kappa shape index (κ3) is 3.36. The quantitative estimate of drug-likeness (QED) is 0.680. The fourth-order valence-electron chi connectivity index (χ4n) is 2.25. The predicted molar refractivity (Wildman–Crippen MR) is 69.6 cm³/mol. The molecule has 0 spiro atoms. The monoisotopic (exact) mass is 222 g/mol. The average Bonchev–Trinajstić information content (AvgIpc) is 2.71. The zero-order valence-corrected chi connectivity index (χ0v) is 11.3. The molecule has 1 aromatic heterocycles. The molecule has 1 aromatic rings. The molecule has 0 radical (unpaired) electrons. The van der Waals surface area contributed by atoms with Crippen molar-refractivity contribution in [2.75, 3.05) is 0 Å². The molecular weight excluding hydrogens is 196 g/mol. The summed E-state index contributed by atoms with van der Waals surface area (Å²) in [6.07, 6.45) is 9.74. The molecule has 2 heteroatoms. The summed E-state index contributed by atoms with van der Waals surface area (Å²) < 4.78 is 1.92. The van der Waals surface area contributed by atoms with E-state index in [-0.39, 0.29) is 5.41 Å². The predicted octanol–water partition coefficient (Wildman–Crippen LogP) is 4.06. The number of hydrogen-bond donors (Lipinski definition) is 0. The summed E-state index contributed by atoms with van der Waals surface area (Å²) in [5, 5.41) is 4.61. The van der Waals surface area contributed by atoms with Crippen LogP contribution in [0.3, 0.4) is 0 Å². The molecular formula is C14H26N2. The van der Waals surface area contributed by atoms with E-state index in [1.807, 2.05) is 11.7 Å². The van der Waals surface area contributed by atoms with Crippen LogP contribution in [0.1, 0.15) is 65.0 Å². The second-order valence-electron chi connectivity index (χ2n) is 5.14. The van der Waals surface area contributed by atoms with Crippen molar-refractivity contribution in [1.29, 1.82) is 0 Å². The van der Waals surface area contributed by atoms with Crippen LogP contribution in [0.15, 0.2) is 12.3 Å². The normalized spacial score (nSPS) is 12.0. The molecule has 0 unspecified atom stereocenters. The highest BCUT2D eigenvalue weighted by Gasteiger charge is 2.27. The van der Waals surface area contributed by atoms with Crippen molar-refractivity contribution in [3.05, 3.63) is 18.0 Å². The third-order valence-corrected chi connectivity index (χ3v) is 3.50. The van der Waals surface area contributed by atoms with Gasteiger partial charge in [-0.1, -0.05) is 46.5 Å². The number of rotatable bonds is 7. The zero-order valence-electron chi connectivity index (χ0n) is 11.3. The Morgan fingerprint density at radius 1 is 1.19 bits per heavy atom. The standard InChI is InChI=1S/C14H26N2/c1-5-7-10-14(3,11-8-6-2)13-9-12-16(4)15-13/h9,12H,5-8,10-11H2,1-4H3. The van der Waals surface area contributed by atoms with Gasteiger partial charge in [0.1, 0.15) is 0 Å². The molecule has 0 fully saturated rings. The topological polar surface area (TPSA) is 17.8 Å². The molecule has 16 heavy (non-hydrogen) atoms. The van der Waals surface area contributed by atoms with Crippen LogP contribution in [0.2, 0.25) is 0 Å². The molecule has 0 aliphatic heterocycles. The Hall–Kier alpha value is -0.790. The summed E-state index contributed by atoms with van der Waals surface area (Å²) in [5.74, 6) is 0. The Balaban J connectivity index is 2.76. The molecule has 0 bridgehead atoms. The molecule has 2 nitrogen and oxygen atoms in total. The van der Waals surface area contributed by atoms with Crippen LogP contribution in [0, 0.1) is 0 Å². The largest absolute Gasteiger partial charge is 0.276 e. The lowest BCUT2D eigenvalue weighted by Gasteiger charge is -2.27. The Kier molecular flexibility index (Phi) is 5.04. The lowest BCUT2D eigenvalue weighted by molar-refractivity contribution is 0.362. The van der Waals surface area contributed by atoms with E-state index in [4.69, 9.17) is 0 Å². The Labute approximate surface area is 100 Å². The highest BCUT2D eigenvalue weighted by Crippen LogP contribution is 2.33. The van der Waals surface area contributed by atoms with Gasteiger partial charge in [-0.3, -0.25) is 4.68 Å². The lowest BCUT2D eigenvalue weighted by atomic mass is 9.77. The first-order valence-electron chi connectivity index (χ1n) is 6.62. The van der Waals surface area contributed by atoms with Gasteiger partial charge in [-0.05, 0) is 18.9 Å². The molecule has 0 amide bonds. The molecule has 0 N–H and O–H groups in total. The molecule has 0 atom stereocenters. The van der Waals surface area contributed by atoms with Crippen LogP contribution in [0.25, 0.3) is 0 Å². The van der Waals surface area contributed by atoms with E-state index in [0.717, 1.165) is 0 Å². The maximum Gasteiger partial charge on any atom is 0.0683 e. The van der Waals surface area contributed by atoms with Gasteiger partial charge in [0, 0.05) is 18.7 Å². The molecule has 1 heterocycles. The zero-order chi connectivity index (χ0) is 12.0. The van der Waals surface area contributed by atoms with Crippen LogP contribution < -0.4 is 0 Å².